The molecule has 3 rings (SSSR count). The maximum absolute atomic E-state index is 9.23. The van der Waals surface area contributed by atoms with Crippen molar-refractivity contribution in [3.63, 3.8) is 0 Å². The van der Waals surface area contributed by atoms with Gasteiger partial charge in [-0.3, -0.25) is 0 Å². The lowest BCUT2D eigenvalue weighted by Crippen LogP contribution is -2.08. The van der Waals surface area contributed by atoms with Crippen LogP contribution in [0.1, 0.15) is 28.3 Å². The van der Waals surface area contributed by atoms with Crippen LogP contribution < -0.4 is 5.73 Å². The molecule has 0 saturated heterocycles. The Morgan fingerprint density at radius 2 is 1.57 bits per heavy atom. The lowest BCUT2D eigenvalue weighted by atomic mass is 9.88. The summed E-state index contributed by atoms with van der Waals surface area (Å²) in [4.78, 5) is 4.52. The van der Waals surface area contributed by atoms with E-state index in [1.807, 2.05) is 42.5 Å². The largest absolute Gasteiger partial charge is 0.392 e. The molecule has 1 heterocycles. The van der Waals surface area contributed by atoms with Gasteiger partial charge < -0.3 is 10.8 Å². The minimum absolute atomic E-state index is 0.0557. The summed E-state index contributed by atoms with van der Waals surface area (Å²) in [6, 6.07) is 24.2. The Labute approximate surface area is 136 Å². The molecule has 1 unspecified atom stereocenters. The second-order valence-corrected chi connectivity index (χ2v) is 5.63. The Morgan fingerprint density at radius 3 is 2.22 bits per heavy atom. The zero-order chi connectivity index (χ0) is 16.1. The van der Waals surface area contributed by atoms with Gasteiger partial charge in [0, 0.05) is 5.92 Å². The van der Waals surface area contributed by atoms with Crippen LogP contribution in [0.4, 0.5) is 5.82 Å². The average molecular weight is 304 g/mol. The standard InChI is InChI=1S/C20H20N2O/c21-20-8-4-7-19(22-20)18(13-15-5-2-1-3-6-15)17-11-9-16(14-23)10-12-17/h1-12,18,23H,13-14H2,(H2,21,22). The molecule has 2 aromatic carbocycles. The predicted molar refractivity (Wildman–Crippen MR) is 93.0 cm³/mol. The summed E-state index contributed by atoms with van der Waals surface area (Å²) in [6.45, 7) is 0.0557. The van der Waals surface area contributed by atoms with Gasteiger partial charge in [0.25, 0.3) is 0 Å². The second kappa shape index (κ2) is 7.07. The van der Waals surface area contributed by atoms with Crippen molar-refractivity contribution in [3.05, 3.63) is 95.2 Å². The van der Waals surface area contributed by atoms with Crippen molar-refractivity contribution < 1.29 is 5.11 Å². The zero-order valence-electron chi connectivity index (χ0n) is 12.9. The van der Waals surface area contributed by atoms with E-state index in [2.05, 4.69) is 29.2 Å². The highest BCUT2D eigenvalue weighted by Gasteiger charge is 2.16. The van der Waals surface area contributed by atoms with Gasteiger partial charge in [0.05, 0.1) is 12.3 Å². The van der Waals surface area contributed by atoms with Crippen molar-refractivity contribution in [2.75, 3.05) is 5.73 Å². The van der Waals surface area contributed by atoms with E-state index >= 15 is 0 Å². The van der Waals surface area contributed by atoms with Crippen LogP contribution in [0.5, 0.6) is 0 Å². The SMILES string of the molecule is Nc1cccc(C(Cc2ccccc2)c2ccc(CO)cc2)n1. The van der Waals surface area contributed by atoms with E-state index in [1.54, 1.807) is 6.07 Å². The topological polar surface area (TPSA) is 59.1 Å². The van der Waals surface area contributed by atoms with Gasteiger partial charge in [-0.05, 0) is 35.2 Å². The van der Waals surface area contributed by atoms with Crippen LogP contribution in [-0.4, -0.2) is 10.1 Å². The van der Waals surface area contributed by atoms with Crippen LogP contribution in [0.15, 0.2) is 72.8 Å². The smallest absolute Gasteiger partial charge is 0.123 e. The van der Waals surface area contributed by atoms with Gasteiger partial charge >= 0.3 is 0 Å². The highest BCUT2D eigenvalue weighted by atomic mass is 16.3. The highest BCUT2D eigenvalue weighted by Crippen LogP contribution is 2.28. The minimum atomic E-state index is 0.0557. The number of hydrogen-bond donors (Lipinski definition) is 2. The van der Waals surface area contributed by atoms with E-state index in [0.717, 1.165) is 17.7 Å². The average Bonchev–Trinajstić information content (AvgIpc) is 2.61. The molecule has 116 valence electrons. The Bertz CT molecular complexity index is 754. The van der Waals surface area contributed by atoms with Crippen LogP contribution in [0.3, 0.4) is 0 Å². The first-order valence-corrected chi connectivity index (χ1v) is 7.72. The zero-order valence-corrected chi connectivity index (χ0v) is 12.9. The summed E-state index contributed by atoms with van der Waals surface area (Å²) in [5, 5.41) is 9.23. The lowest BCUT2D eigenvalue weighted by Gasteiger charge is -2.18. The quantitative estimate of drug-likeness (QED) is 0.758. The molecule has 0 spiro atoms. The fourth-order valence-electron chi connectivity index (χ4n) is 2.76. The molecule has 0 aliphatic heterocycles. The first kappa shape index (κ1) is 15.3. The van der Waals surface area contributed by atoms with Crippen LogP contribution in [0.25, 0.3) is 0 Å². The fourth-order valence-corrected chi connectivity index (χ4v) is 2.76. The third-order valence-corrected chi connectivity index (χ3v) is 4.00. The van der Waals surface area contributed by atoms with E-state index in [0.29, 0.717) is 5.82 Å². The van der Waals surface area contributed by atoms with Gasteiger partial charge in [-0.1, -0.05) is 60.7 Å². The Balaban J connectivity index is 1.98. The molecule has 3 aromatic rings. The van der Waals surface area contributed by atoms with Crippen LogP contribution in [-0.2, 0) is 13.0 Å². The molecule has 3 N–H and O–H groups in total. The van der Waals surface area contributed by atoms with E-state index in [9.17, 15) is 5.11 Å². The van der Waals surface area contributed by atoms with Crippen molar-refractivity contribution in [2.45, 2.75) is 18.9 Å². The molecule has 0 amide bonds. The van der Waals surface area contributed by atoms with Gasteiger partial charge in [-0.25, -0.2) is 4.98 Å². The fraction of sp³-hybridized carbons (Fsp3) is 0.150. The second-order valence-electron chi connectivity index (χ2n) is 5.63. The maximum atomic E-state index is 9.23. The van der Waals surface area contributed by atoms with Gasteiger partial charge in [-0.2, -0.15) is 0 Å². The summed E-state index contributed by atoms with van der Waals surface area (Å²) in [5.41, 5.74) is 10.2. The third kappa shape index (κ3) is 3.76. The van der Waals surface area contributed by atoms with Crippen LogP contribution >= 0.6 is 0 Å². The normalized spacial score (nSPS) is 12.0. The molecule has 23 heavy (non-hydrogen) atoms. The summed E-state index contributed by atoms with van der Waals surface area (Å²) in [5.74, 6) is 0.668. The van der Waals surface area contributed by atoms with E-state index in [1.165, 1.54) is 11.1 Å². The molecule has 3 nitrogen and oxygen atoms in total. The number of hydrogen-bond acceptors (Lipinski definition) is 3. The number of anilines is 1. The van der Waals surface area contributed by atoms with Crippen LogP contribution in [0.2, 0.25) is 0 Å². The molecule has 0 radical (unpaired) electrons. The van der Waals surface area contributed by atoms with Crippen molar-refractivity contribution in [2.24, 2.45) is 0 Å². The van der Waals surface area contributed by atoms with E-state index in [-0.39, 0.29) is 12.5 Å². The van der Waals surface area contributed by atoms with Crippen molar-refractivity contribution >= 4 is 5.82 Å². The Morgan fingerprint density at radius 1 is 0.826 bits per heavy atom. The number of pyridine rings is 1. The molecule has 3 heteroatoms. The number of nitrogens with zero attached hydrogens (tertiary/aromatic N) is 1. The number of aliphatic hydroxyl groups excluding tert-OH is 1. The monoisotopic (exact) mass is 304 g/mol. The van der Waals surface area contributed by atoms with Crippen LogP contribution in [0, 0.1) is 0 Å². The predicted octanol–water partition coefficient (Wildman–Crippen LogP) is 3.53. The number of nitrogen functional groups attached to an aromatic ring is 1. The molecule has 0 fully saturated rings. The maximum Gasteiger partial charge on any atom is 0.123 e. The number of nitrogens with two attached hydrogens (primary N) is 1. The van der Waals surface area contributed by atoms with Gasteiger partial charge in [0.2, 0.25) is 0 Å². The van der Waals surface area contributed by atoms with Gasteiger partial charge in [0.15, 0.2) is 0 Å². The van der Waals surface area contributed by atoms with Crippen molar-refractivity contribution in [1.29, 1.82) is 0 Å². The third-order valence-electron chi connectivity index (χ3n) is 4.00. The molecule has 0 bridgehead atoms. The molecule has 1 aromatic heterocycles. The summed E-state index contributed by atoms with van der Waals surface area (Å²) >= 11 is 0. The molecular formula is C20H20N2O. The molecule has 1 atom stereocenters. The first-order chi connectivity index (χ1) is 11.3. The molecule has 0 aliphatic carbocycles. The first-order valence-electron chi connectivity index (χ1n) is 7.72. The number of aromatic nitrogens is 1. The Kier molecular flexibility index (Phi) is 4.69. The highest BCUT2D eigenvalue weighted by molar-refractivity contribution is 5.37. The number of rotatable bonds is 5. The van der Waals surface area contributed by atoms with Gasteiger partial charge in [0.1, 0.15) is 5.82 Å². The number of aliphatic hydroxyl groups is 1. The minimum Gasteiger partial charge on any atom is -0.392 e. The van der Waals surface area contributed by atoms with Gasteiger partial charge in [-0.15, -0.1) is 0 Å². The Hall–Kier alpha value is -2.65. The summed E-state index contributed by atoms with van der Waals surface area (Å²) in [6.07, 6.45) is 0.857. The number of benzene rings is 2. The molecule has 0 saturated carbocycles. The molecular weight excluding hydrogens is 284 g/mol. The van der Waals surface area contributed by atoms with Crippen molar-refractivity contribution in [1.82, 2.24) is 4.98 Å². The van der Waals surface area contributed by atoms with E-state index in [4.69, 9.17) is 5.73 Å². The summed E-state index contributed by atoms with van der Waals surface area (Å²) < 4.78 is 0. The summed E-state index contributed by atoms with van der Waals surface area (Å²) in [7, 11) is 0. The molecule has 0 aliphatic rings. The van der Waals surface area contributed by atoms with Crippen molar-refractivity contribution in [3.8, 4) is 0 Å². The van der Waals surface area contributed by atoms with E-state index < -0.39 is 0 Å². The lowest BCUT2D eigenvalue weighted by molar-refractivity contribution is 0.282.